The molecule has 8 nitrogen and oxygen atoms in total. The minimum absolute atomic E-state index is 0.276. The molecular formula is C20H22N6O2S. The van der Waals surface area contributed by atoms with Gasteiger partial charge in [0.2, 0.25) is 0 Å². The molecule has 0 radical (unpaired) electrons. The van der Waals surface area contributed by atoms with Gasteiger partial charge >= 0.3 is 5.69 Å². The lowest BCUT2D eigenvalue weighted by molar-refractivity contribution is 0.594. The average Bonchev–Trinajstić information content (AvgIpc) is 3.39. The van der Waals surface area contributed by atoms with Crippen LogP contribution in [0.4, 0.5) is 0 Å². The predicted octanol–water partition coefficient (Wildman–Crippen LogP) is 1.94. The van der Waals surface area contributed by atoms with Crippen molar-refractivity contribution in [2.45, 2.75) is 18.7 Å². The first-order valence-electron chi connectivity index (χ1n) is 9.34. The third-order valence-corrected chi connectivity index (χ3v) is 5.96. The quantitative estimate of drug-likeness (QED) is 0.435. The fourth-order valence-electron chi connectivity index (χ4n) is 3.27. The number of benzene rings is 1. The van der Waals surface area contributed by atoms with Crippen molar-refractivity contribution in [2.75, 3.05) is 5.75 Å². The van der Waals surface area contributed by atoms with Crippen LogP contribution in [0.2, 0.25) is 0 Å². The first-order valence-corrected chi connectivity index (χ1v) is 10.5. The molecule has 0 aliphatic carbocycles. The Labute approximate surface area is 171 Å². The Morgan fingerprint density at radius 3 is 2.62 bits per heavy atom. The van der Waals surface area contributed by atoms with E-state index in [0.717, 1.165) is 23.6 Å². The molecule has 0 N–H and O–H groups in total. The summed E-state index contributed by atoms with van der Waals surface area (Å²) in [4.78, 5) is 29.3. The molecule has 0 atom stereocenters. The number of thioether (sulfide) groups is 1. The lowest BCUT2D eigenvalue weighted by Crippen LogP contribution is -2.39. The Kier molecular flexibility index (Phi) is 5.39. The zero-order valence-electron chi connectivity index (χ0n) is 16.4. The second-order valence-electron chi connectivity index (χ2n) is 6.85. The first kappa shape index (κ1) is 19.3. The average molecular weight is 411 g/mol. The Morgan fingerprint density at radius 1 is 1.10 bits per heavy atom. The van der Waals surface area contributed by atoms with Gasteiger partial charge in [-0.1, -0.05) is 12.1 Å². The van der Waals surface area contributed by atoms with Crippen LogP contribution in [0, 0.1) is 0 Å². The third kappa shape index (κ3) is 3.77. The van der Waals surface area contributed by atoms with Gasteiger partial charge in [0.15, 0.2) is 11.2 Å². The lowest BCUT2D eigenvalue weighted by atomic mass is 10.2. The highest BCUT2D eigenvalue weighted by Gasteiger charge is 2.14. The van der Waals surface area contributed by atoms with Crippen molar-refractivity contribution in [3.63, 3.8) is 0 Å². The molecule has 150 valence electrons. The summed E-state index contributed by atoms with van der Waals surface area (Å²) < 4.78 is 6.23. The van der Waals surface area contributed by atoms with Crippen molar-refractivity contribution in [1.82, 2.24) is 28.5 Å². The molecule has 0 spiro atoms. The standard InChI is InChI=1S/C20H22N6O2S/c1-23-14-21-18-17(23)19(27)25(20(28)24(18)2)10-4-12-29-13-15-5-7-16(8-6-15)26-11-3-9-22-26/h3,5-9,11,14H,4,10,12-13H2,1-2H3. The number of hydrogen-bond donors (Lipinski definition) is 0. The van der Waals surface area contributed by atoms with Crippen molar-refractivity contribution in [2.24, 2.45) is 14.1 Å². The monoisotopic (exact) mass is 410 g/mol. The van der Waals surface area contributed by atoms with E-state index in [-0.39, 0.29) is 11.2 Å². The summed E-state index contributed by atoms with van der Waals surface area (Å²) in [7, 11) is 3.41. The Balaban J connectivity index is 1.35. The molecular weight excluding hydrogens is 388 g/mol. The molecule has 0 unspecified atom stereocenters. The Hall–Kier alpha value is -3.07. The molecule has 0 saturated heterocycles. The van der Waals surface area contributed by atoms with Gasteiger partial charge in [0, 0.05) is 38.8 Å². The minimum atomic E-state index is -0.319. The summed E-state index contributed by atoms with van der Waals surface area (Å²) in [6.07, 6.45) is 5.98. The Bertz CT molecular complexity index is 1240. The van der Waals surface area contributed by atoms with Gasteiger partial charge in [-0.25, -0.2) is 14.5 Å². The van der Waals surface area contributed by atoms with Gasteiger partial charge in [0.25, 0.3) is 5.56 Å². The fourth-order valence-corrected chi connectivity index (χ4v) is 4.18. The van der Waals surface area contributed by atoms with Gasteiger partial charge in [-0.15, -0.1) is 0 Å². The molecule has 9 heteroatoms. The van der Waals surface area contributed by atoms with Crippen molar-refractivity contribution >= 4 is 22.9 Å². The summed E-state index contributed by atoms with van der Waals surface area (Å²) in [5.74, 6) is 1.74. The minimum Gasteiger partial charge on any atom is -0.328 e. The summed E-state index contributed by atoms with van der Waals surface area (Å²) in [5.41, 5.74) is 2.55. The van der Waals surface area contributed by atoms with Crippen LogP contribution in [0.25, 0.3) is 16.9 Å². The van der Waals surface area contributed by atoms with E-state index in [1.54, 1.807) is 42.9 Å². The van der Waals surface area contributed by atoms with Crippen LogP contribution in [0.15, 0.2) is 58.6 Å². The highest BCUT2D eigenvalue weighted by atomic mass is 32.2. The Morgan fingerprint density at radius 2 is 1.90 bits per heavy atom. The molecule has 0 bridgehead atoms. The molecule has 3 aromatic heterocycles. The first-order chi connectivity index (χ1) is 14.1. The summed E-state index contributed by atoms with van der Waals surface area (Å²) in [6.45, 7) is 0.401. The van der Waals surface area contributed by atoms with E-state index >= 15 is 0 Å². The van der Waals surface area contributed by atoms with Gasteiger partial charge in [0.05, 0.1) is 12.0 Å². The van der Waals surface area contributed by atoms with Crippen molar-refractivity contribution in [3.8, 4) is 5.69 Å². The molecule has 0 aliphatic rings. The third-order valence-electron chi connectivity index (χ3n) is 4.85. The number of aryl methyl sites for hydroxylation is 2. The van der Waals surface area contributed by atoms with E-state index in [4.69, 9.17) is 0 Å². The van der Waals surface area contributed by atoms with Crippen LogP contribution < -0.4 is 11.2 Å². The van der Waals surface area contributed by atoms with Crippen molar-refractivity contribution in [3.05, 3.63) is 75.5 Å². The summed E-state index contributed by atoms with van der Waals surface area (Å²) >= 11 is 1.79. The molecule has 4 aromatic rings. The SMILES string of the molecule is Cn1cnc2c1c(=O)n(CCCSCc1ccc(-n3cccn3)cc1)c(=O)n2C. The van der Waals surface area contributed by atoms with E-state index in [1.165, 1.54) is 14.7 Å². The van der Waals surface area contributed by atoms with E-state index in [2.05, 4.69) is 34.3 Å². The molecule has 0 saturated carbocycles. The topological polar surface area (TPSA) is 79.6 Å². The smallest absolute Gasteiger partial charge is 0.328 e. The van der Waals surface area contributed by atoms with Crippen LogP contribution in [0.3, 0.4) is 0 Å². The van der Waals surface area contributed by atoms with E-state index in [9.17, 15) is 9.59 Å². The maximum atomic E-state index is 12.7. The van der Waals surface area contributed by atoms with Gasteiger partial charge in [-0.3, -0.25) is 13.9 Å². The summed E-state index contributed by atoms with van der Waals surface area (Å²) in [6, 6.07) is 10.2. The maximum absolute atomic E-state index is 12.7. The second-order valence-corrected chi connectivity index (χ2v) is 7.95. The zero-order chi connectivity index (χ0) is 20.4. The number of aromatic nitrogens is 6. The van der Waals surface area contributed by atoms with Gasteiger partial charge in [0.1, 0.15) is 0 Å². The molecule has 0 fully saturated rings. The number of imidazole rings is 1. The van der Waals surface area contributed by atoms with Crippen LogP contribution >= 0.6 is 11.8 Å². The molecule has 0 amide bonds. The van der Waals surface area contributed by atoms with Gasteiger partial charge < -0.3 is 4.57 Å². The van der Waals surface area contributed by atoms with Gasteiger partial charge in [-0.05, 0) is 35.9 Å². The molecule has 4 rings (SSSR count). The van der Waals surface area contributed by atoms with Crippen molar-refractivity contribution in [1.29, 1.82) is 0 Å². The lowest BCUT2D eigenvalue weighted by Gasteiger charge is -2.09. The molecule has 29 heavy (non-hydrogen) atoms. The number of rotatable bonds is 7. The molecule has 0 aliphatic heterocycles. The number of nitrogens with zero attached hydrogens (tertiary/aromatic N) is 6. The largest absolute Gasteiger partial charge is 0.332 e. The second kappa shape index (κ2) is 8.12. The van der Waals surface area contributed by atoms with Crippen LogP contribution in [0.5, 0.6) is 0 Å². The van der Waals surface area contributed by atoms with E-state index in [1.807, 2.05) is 16.9 Å². The van der Waals surface area contributed by atoms with Crippen LogP contribution in [-0.4, -0.2) is 34.2 Å². The van der Waals surface area contributed by atoms with Gasteiger partial charge in [-0.2, -0.15) is 16.9 Å². The summed E-state index contributed by atoms with van der Waals surface area (Å²) in [5, 5.41) is 4.22. The van der Waals surface area contributed by atoms with Crippen LogP contribution in [-0.2, 0) is 26.4 Å². The number of hydrogen-bond acceptors (Lipinski definition) is 5. The molecule has 3 heterocycles. The highest BCUT2D eigenvalue weighted by Crippen LogP contribution is 2.15. The van der Waals surface area contributed by atoms with Crippen LogP contribution in [0.1, 0.15) is 12.0 Å². The van der Waals surface area contributed by atoms with E-state index in [0.29, 0.717) is 17.7 Å². The fraction of sp³-hybridized carbons (Fsp3) is 0.300. The maximum Gasteiger partial charge on any atom is 0.332 e. The number of fused-ring (bicyclic) bond motifs is 1. The molecule has 1 aromatic carbocycles. The normalized spacial score (nSPS) is 11.4. The highest BCUT2D eigenvalue weighted by molar-refractivity contribution is 7.98. The van der Waals surface area contributed by atoms with Crippen molar-refractivity contribution < 1.29 is 0 Å². The predicted molar refractivity (Wildman–Crippen MR) is 115 cm³/mol. The zero-order valence-corrected chi connectivity index (χ0v) is 17.2. The van der Waals surface area contributed by atoms with E-state index < -0.39 is 0 Å².